The van der Waals surface area contributed by atoms with Crippen LogP contribution in [-0.4, -0.2) is 37.5 Å². The molecule has 0 spiro atoms. The van der Waals surface area contributed by atoms with Gasteiger partial charge in [-0.2, -0.15) is 5.10 Å². The van der Waals surface area contributed by atoms with Gasteiger partial charge in [-0.3, -0.25) is 4.79 Å². The van der Waals surface area contributed by atoms with Crippen molar-refractivity contribution in [1.82, 2.24) is 10.7 Å². The van der Waals surface area contributed by atoms with Crippen LogP contribution in [0.5, 0.6) is 11.5 Å². The Labute approximate surface area is 244 Å². The monoisotopic (exact) mass is 693 g/mol. The van der Waals surface area contributed by atoms with E-state index in [1.165, 1.54) is 6.21 Å². The first-order chi connectivity index (χ1) is 18.4. The Balaban J connectivity index is 1.70. The zero-order valence-electron chi connectivity index (χ0n) is 21.1. The molecule has 0 aliphatic heterocycles. The number of rotatable bonds is 12. The van der Waals surface area contributed by atoms with Gasteiger partial charge in [0.1, 0.15) is 12.6 Å². The summed E-state index contributed by atoms with van der Waals surface area (Å²) in [4.78, 5) is 24.9. The minimum atomic E-state index is -0.859. The standard InChI is InChI=1S/C28H29BrIN3O5/c1-3-36-25-16-21(14-23(30)26(25)38-18-20-10-12-22(29)13-11-20)17-31-33-27(34)24(32-28(35)37-4-2)15-19-8-6-5-7-9-19/h5-14,16-17,24H,3-4,15,18H2,1-2H3,(H,32,35)(H,33,34)/b31-17-/t24-/m1/s1. The summed E-state index contributed by atoms with van der Waals surface area (Å²) in [5, 5.41) is 6.71. The van der Waals surface area contributed by atoms with Crippen molar-refractivity contribution in [2.75, 3.05) is 13.2 Å². The number of nitrogens with one attached hydrogen (secondary N) is 2. The largest absolute Gasteiger partial charge is 0.490 e. The van der Waals surface area contributed by atoms with Gasteiger partial charge in [-0.1, -0.05) is 58.4 Å². The number of ether oxygens (including phenoxy) is 3. The number of nitrogens with zero attached hydrogens (tertiary/aromatic N) is 1. The van der Waals surface area contributed by atoms with Crippen molar-refractivity contribution < 1.29 is 23.8 Å². The molecule has 0 fully saturated rings. The first-order valence-corrected chi connectivity index (χ1v) is 13.9. The van der Waals surface area contributed by atoms with E-state index in [2.05, 4.69) is 54.4 Å². The van der Waals surface area contributed by atoms with E-state index in [0.29, 0.717) is 30.3 Å². The molecule has 0 saturated carbocycles. The highest BCUT2D eigenvalue weighted by Gasteiger charge is 2.21. The van der Waals surface area contributed by atoms with Crippen molar-refractivity contribution in [3.8, 4) is 11.5 Å². The maximum absolute atomic E-state index is 12.9. The lowest BCUT2D eigenvalue weighted by Crippen LogP contribution is -2.47. The van der Waals surface area contributed by atoms with Crippen LogP contribution in [0.4, 0.5) is 4.79 Å². The van der Waals surface area contributed by atoms with Gasteiger partial charge in [-0.15, -0.1) is 0 Å². The maximum Gasteiger partial charge on any atom is 0.407 e. The zero-order valence-corrected chi connectivity index (χ0v) is 24.8. The van der Waals surface area contributed by atoms with Gasteiger partial charge in [0.25, 0.3) is 5.91 Å². The number of benzene rings is 3. The van der Waals surface area contributed by atoms with Crippen LogP contribution in [0.3, 0.4) is 0 Å². The molecule has 2 N–H and O–H groups in total. The molecule has 3 aromatic carbocycles. The van der Waals surface area contributed by atoms with Crippen LogP contribution in [0.15, 0.2) is 76.3 Å². The summed E-state index contributed by atoms with van der Waals surface area (Å²) in [5.74, 6) is 0.751. The second kappa shape index (κ2) is 15.3. The van der Waals surface area contributed by atoms with E-state index in [4.69, 9.17) is 14.2 Å². The van der Waals surface area contributed by atoms with Gasteiger partial charge in [0.15, 0.2) is 11.5 Å². The molecule has 0 unspecified atom stereocenters. The van der Waals surface area contributed by atoms with E-state index in [-0.39, 0.29) is 13.0 Å². The molecule has 200 valence electrons. The second-order valence-electron chi connectivity index (χ2n) is 8.02. The van der Waals surface area contributed by atoms with Crippen molar-refractivity contribution in [2.45, 2.75) is 32.9 Å². The first-order valence-electron chi connectivity index (χ1n) is 12.0. The fourth-order valence-corrected chi connectivity index (χ4v) is 4.47. The third kappa shape index (κ3) is 9.32. The molecule has 3 aromatic rings. The summed E-state index contributed by atoms with van der Waals surface area (Å²) in [5.41, 5.74) is 5.15. The first kappa shape index (κ1) is 29.4. The molecule has 1 atom stereocenters. The number of hydrogen-bond donors (Lipinski definition) is 2. The summed E-state index contributed by atoms with van der Waals surface area (Å²) in [7, 11) is 0. The van der Waals surface area contributed by atoms with Crippen molar-refractivity contribution in [3.63, 3.8) is 0 Å². The molecule has 0 aromatic heterocycles. The molecule has 0 bridgehead atoms. The summed E-state index contributed by atoms with van der Waals surface area (Å²) < 4.78 is 18.7. The molecule has 10 heteroatoms. The number of alkyl carbamates (subject to hydrolysis) is 1. The van der Waals surface area contributed by atoms with Gasteiger partial charge in [0, 0.05) is 10.9 Å². The van der Waals surface area contributed by atoms with Crippen molar-refractivity contribution >= 4 is 56.7 Å². The Kier molecular flexibility index (Phi) is 11.9. The van der Waals surface area contributed by atoms with Gasteiger partial charge < -0.3 is 19.5 Å². The maximum atomic E-state index is 12.9. The van der Waals surface area contributed by atoms with Crippen LogP contribution < -0.4 is 20.2 Å². The Morgan fingerprint density at radius 3 is 2.42 bits per heavy atom. The van der Waals surface area contributed by atoms with E-state index in [1.54, 1.807) is 13.0 Å². The van der Waals surface area contributed by atoms with Crippen molar-refractivity contribution in [1.29, 1.82) is 0 Å². The summed E-state index contributed by atoms with van der Waals surface area (Å²) in [6, 6.07) is 20.1. The molecular formula is C28H29BrIN3O5. The van der Waals surface area contributed by atoms with Crippen LogP contribution >= 0.6 is 38.5 Å². The predicted octanol–water partition coefficient (Wildman–Crippen LogP) is 5.84. The average molecular weight is 694 g/mol. The highest BCUT2D eigenvalue weighted by molar-refractivity contribution is 14.1. The van der Waals surface area contributed by atoms with Gasteiger partial charge in [-0.05, 0) is 77.4 Å². The van der Waals surface area contributed by atoms with E-state index in [1.807, 2.05) is 67.6 Å². The van der Waals surface area contributed by atoms with Crippen LogP contribution in [0.1, 0.15) is 30.5 Å². The molecule has 8 nitrogen and oxygen atoms in total. The fraction of sp³-hybridized carbons (Fsp3) is 0.250. The highest BCUT2D eigenvalue weighted by atomic mass is 127. The predicted molar refractivity (Wildman–Crippen MR) is 159 cm³/mol. The lowest BCUT2D eigenvalue weighted by Gasteiger charge is -2.17. The third-order valence-electron chi connectivity index (χ3n) is 5.18. The smallest absolute Gasteiger partial charge is 0.407 e. The van der Waals surface area contributed by atoms with Crippen LogP contribution in [0.25, 0.3) is 0 Å². The van der Waals surface area contributed by atoms with Crippen LogP contribution in [0, 0.1) is 3.57 Å². The number of hydrazone groups is 1. The number of halogens is 2. The fourth-order valence-electron chi connectivity index (χ4n) is 3.42. The normalized spacial score (nSPS) is 11.6. The Hall–Kier alpha value is -3.12. The molecule has 0 heterocycles. The van der Waals surface area contributed by atoms with Gasteiger partial charge in [0.2, 0.25) is 0 Å². The molecule has 3 rings (SSSR count). The number of hydrogen-bond acceptors (Lipinski definition) is 6. The molecule has 2 amide bonds. The van der Waals surface area contributed by atoms with E-state index < -0.39 is 18.0 Å². The Bertz CT molecular complexity index is 1240. The molecule has 0 radical (unpaired) electrons. The third-order valence-corrected chi connectivity index (χ3v) is 6.51. The summed E-state index contributed by atoms with van der Waals surface area (Å²) in [6.45, 7) is 4.65. The minimum Gasteiger partial charge on any atom is -0.490 e. The van der Waals surface area contributed by atoms with Crippen LogP contribution in [-0.2, 0) is 22.6 Å². The lowest BCUT2D eigenvalue weighted by atomic mass is 10.1. The van der Waals surface area contributed by atoms with Crippen molar-refractivity contribution in [3.05, 3.63) is 91.5 Å². The lowest BCUT2D eigenvalue weighted by molar-refractivity contribution is -0.123. The Morgan fingerprint density at radius 2 is 1.74 bits per heavy atom. The molecule has 0 aliphatic carbocycles. The number of carbonyl (C=O) groups excluding carboxylic acids is 2. The average Bonchev–Trinajstić information content (AvgIpc) is 2.90. The quantitative estimate of drug-likeness (QED) is 0.141. The zero-order chi connectivity index (χ0) is 27.3. The molecular weight excluding hydrogens is 665 g/mol. The van der Waals surface area contributed by atoms with Gasteiger partial charge >= 0.3 is 6.09 Å². The summed E-state index contributed by atoms with van der Waals surface area (Å²) >= 11 is 5.62. The topological polar surface area (TPSA) is 98.2 Å². The van der Waals surface area contributed by atoms with Crippen LogP contribution in [0.2, 0.25) is 0 Å². The molecule has 0 aliphatic rings. The number of carbonyl (C=O) groups is 2. The van der Waals surface area contributed by atoms with Gasteiger partial charge in [-0.25, -0.2) is 10.2 Å². The highest BCUT2D eigenvalue weighted by Crippen LogP contribution is 2.34. The number of amides is 2. The second-order valence-corrected chi connectivity index (χ2v) is 10.1. The SMILES string of the molecule is CCOC(=O)N[C@H](Cc1ccccc1)C(=O)N/N=C\c1cc(I)c(OCc2ccc(Br)cc2)c(OCC)c1. The minimum absolute atomic E-state index is 0.202. The Morgan fingerprint density at radius 1 is 1.00 bits per heavy atom. The van der Waals surface area contributed by atoms with E-state index in [9.17, 15) is 9.59 Å². The van der Waals surface area contributed by atoms with E-state index in [0.717, 1.165) is 19.2 Å². The molecule has 0 saturated heterocycles. The summed E-state index contributed by atoms with van der Waals surface area (Å²) in [6.07, 6.45) is 1.14. The van der Waals surface area contributed by atoms with E-state index >= 15 is 0 Å². The molecule has 38 heavy (non-hydrogen) atoms. The van der Waals surface area contributed by atoms with Gasteiger partial charge in [0.05, 0.1) is 23.0 Å². The van der Waals surface area contributed by atoms with Crippen molar-refractivity contribution in [2.24, 2.45) is 5.10 Å².